The van der Waals surface area contributed by atoms with Crippen LogP contribution < -0.4 is 0 Å². The quantitative estimate of drug-likeness (QED) is 0.421. The van der Waals surface area contributed by atoms with Crippen LogP contribution in [0.15, 0.2) is 0 Å². The summed E-state index contributed by atoms with van der Waals surface area (Å²) in [7, 11) is 0. The molecule has 1 aliphatic heterocycles. The summed E-state index contributed by atoms with van der Waals surface area (Å²) in [5.74, 6) is 0.929. The second-order valence-electron chi connectivity index (χ2n) is 1.18. The van der Waals surface area contributed by atoms with Crippen molar-refractivity contribution >= 4 is 16.9 Å². The Morgan fingerprint density at radius 2 is 2.67 bits per heavy atom. The van der Waals surface area contributed by atoms with E-state index in [1.807, 2.05) is 6.42 Å². The monoisotopic (exact) mass is 101 g/mol. The lowest BCUT2D eigenvalue weighted by molar-refractivity contribution is -0.110. The fraction of sp³-hybridized carbons (Fsp3) is 0.500. The van der Waals surface area contributed by atoms with E-state index in [4.69, 9.17) is 0 Å². The lowest BCUT2D eigenvalue weighted by Crippen LogP contribution is -1.75. The van der Waals surface area contributed by atoms with Gasteiger partial charge in [0.2, 0.25) is 5.12 Å². The van der Waals surface area contributed by atoms with Gasteiger partial charge in [0.1, 0.15) is 5.75 Å². The molecule has 1 saturated heterocycles. The highest BCUT2D eigenvalue weighted by atomic mass is 32.2. The van der Waals surface area contributed by atoms with E-state index in [-0.39, 0.29) is 0 Å². The van der Waals surface area contributed by atoms with Gasteiger partial charge in [0.05, 0.1) is 6.42 Å². The van der Waals surface area contributed by atoms with Gasteiger partial charge in [0.25, 0.3) is 0 Å². The molecule has 32 valence electrons. The van der Waals surface area contributed by atoms with Crippen LogP contribution in [0, 0.1) is 6.42 Å². The molecule has 1 heterocycles. The van der Waals surface area contributed by atoms with E-state index < -0.39 is 0 Å². The number of hydrogen-bond donors (Lipinski definition) is 0. The summed E-state index contributed by atoms with van der Waals surface area (Å²) in [6, 6.07) is 0. The smallest absolute Gasteiger partial charge is 0.237 e. The first kappa shape index (κ1) is 4.06. The first-order valence-corrected chi connectivity index (χ1v) is 2.85. The molecule has 0 aromatic rings. The fourth-order valence-electron chi connectivity index (χ4n) is 0.388. The van der Waals surface area contributed by atoms with Gasteiger partial charge in [-0.25, -0.2) is 0 Å². The largest absolute Gasteiger partial charge is 0.282 e. The van der Waals surface area contributed by atoms with Crippen LogP contribution in [0.2, 0.25) is 0 Å². The van der Waals surface area contributed by atoms with Crippen molar-refractivity contribution < 1.29 is 4.79 Å². The highest BCUT2D eigenvalue weighted by Gasteiger charge is 2.17. The molecule has 0 spiro atoms. The van der Waals surface area contributed by atoms with Gasteiger partial charge < -0.3 is 0 Å². The number of carbonyl (C=O) groups excluding carboxylic acids is 1. The molecule has 6 heavy (non-hydrogen) atoms. The maximum atomic E-state index is 10.2. The molecule has 0 aromatic heterocycles. The molecule has 0 atom stereocenters. The van der Waals surface area contributed by atoms with E-state index in [1.165, 1.54) is 11.8 Å². The molecular formula is C4H5OS+. The molecule has 0 aromatic carbocycles. The Morgan fingerprint density at radius 1 is 1.83 bits per heavy atom. The Bertz CT molecular complexity index is 61.9. The zero-order valence-corrected chi connectivity index (χ0v) is 4.12. The lowest BCUT2D eigenvalue weighted by atomic mass is 10.4. The fourth-order valence-corrected chi connectivity index (χ4v) is 1.04. The highest BCUT2D eigenvalue weighted by molar-refractivity contribution is 8.14. The summed E-state index contributed by atoms with van der Waals surface area (Å²) in [6.07, 6.45) is 2.68. The number of hydrogen-bond acceptors (Lipinski definition) is 2. The minimum Gasteiger partial charge on any atom is -0.282 e. The lowest BCUT2D eigenvalue weighted by Gasteiger charge is -1.64. The van der Waals surface area contributed by atoms with Gasteiger partial charge in [-0.1, -0.05) is 0 Å². The van der Waals surface area contributed by atoms with Gasteiger partial charge >= 0.3 is 0 Å². The van der Waals surface area contributed by atoms with Crippen molar-refractivity contribution in [2.75, 3.05) is 5.75 Å². The maximum Gasteiger partial charge on any atom is 0.237 e. The molecule has 0 N–H and O–H groups in total. The molecule has 2 heteroatoms. The molecule has 0 radical (unpaired) electrons. The van der Waals surface area contributed by atoms with Crippen molar-refractivity contribution in [2.24, 2.45) is 0 Å². The average molecular weight is 101 g/mol. The second-order valence-corrected chi connectivity index (χ2v) is 2.25. The first-order chi connectivity index (χ1) is 2.89. The molecule has 0 unspecified atom stereocenters. The van der Waals surface area contributed by atoms with Gasteiger partial charge in [-0.15, -0.1) is 0 Å². The molecule has 0 bridgehead atoms. The molecule has 1 nitrogen and oxygen atoms in total. The summed E-state index contributed by atoms with van der Waals surface area (Å²) in [6.45, 7) is 0. The third kappa shape index (κ3) is 0.684. The van der Waals surface area contributed by atoms with Crippen molar-refractivity contribution in [2.45, 2.75) is 6.42 Å². The normalized spacial score (nSPS) is 21.0. The summed E-state index contributed by atoms with van der Waals surface area (Å²) < 4.78 is 0. The van der Waals surface area contributed by atoms with Crippen LogP contribution in [0.4, 0.5) is 0 Å². The predicted molar refractivity (Wildman–Crippen MR) is 26.4 cm³/mol. The van der Waals surface area contributed by atoms with E-state index >= 15 is 0 Å². The Kier molecular flexibility index (Phi) is 1.05. The topological polar surface area (TPSA) is 17.1 Å². The Labute approximate surface area is 41.1 Å². The number of carbonyl (C=O) groups is 1. The minimum atomic E-state index is 0.315. The van der Waals surface area contributed by atoms with Gasteiger partial charge in [-0.05, 0) is 11.8 Å². The van der Waals surface area contributed by atoms with Gasteiger partial charge in [-0.3, -0.25) is 4.79 Å². The zero-order valence-electron chi connectivity index (χ0n) is 3.31. The zero-order chi connectivity index (χ0) is 4.41. The third-order valence-electron chi connectivity index (χ3n) is 0.673. The SMILES string of the molecule is O=C1C[CH+]CS1. The van der Waals surface area contributed by atoms with Crippen LogP contribution in [0.5, 0.6) is 0 Å². The van der Waals surface area contributed by atoms with Crippen molar-refractivity contribution in [1.29, 1.82) is 0 Å². The van der Waals surface area contributed by atoms with Crippen molar-refractivity contribution in [3.63, 3.8) is 0 Å². The van der Waals surface area contributed by atoms with Crippen LogP contribution in [-0.4, -0.2) is 10.9 Å². The molecular weight excluding hydrogens is 96.1 g/mol. The van der Waals surface area contributed by atoms with E-state index in [0.717, 1.165) is 5.75 Å². The number of rotatable bonds is 0. The van der Waals surface area contributed by atoms with Gasteiger partial charge in [0, 0.05) is 0 Å². The maximum absolute atomic E-state index is 10.2. The summed E-state index contributed by atoms with van der Waals surface area (Å²) in [5, 5.41) is 0.315. The average Bonchev–Trinajstić information content (AvgIpc) is 1.86. The van der Waals surface area contributed by atoms with Crippen LogP contribution in [0.25, 0.3) is 0 Å². The Morgan fingerprint density at radius 3 is 2.83 bits per heavy atom. The highest BCUT2D eigenvalue weighted by Crippen LogP contribution is 2.16. The minimum absolute atomic E-state index is 0.315. The molecule has 1 aliphatic rings. The molecule has 1 fully saturated rings. The summed E-state index contributed by atoms with van der Waals surface area (Å²) in [5.41, 5.74) is 0. The van der Waals surface area contributed by atoms with Crippen molar-refractivity contribution in [3.05, 3.63) is 6.42 Å². The van der Waals surface area contributed by atoms with E-state index in [0.29, 0.717) is 11.5 Å². The Balaban J connectivity index is 2.37. The first-order valence-electron chi connectivity index (χ1n) is 1.87. The third-order valence-corrected chi connectivity index (χ3v) is 1.56. The second kappa shape index (κ2) is 1.56. The summed E-state index contributed by atoms with van der Waals surface area (Å²) in [4.78, 5) is 10.2. The summed E-state index contributed by atoms with van der Waals surface area (Å²) >= 11 is 1.40. The molecule has 0 amide bonds. The standard InChI is InChI=1S/C4H5OS/c5-4-2-1-3-6-4/h1H,2-3H2/q+1. The molecule has 1 rings (SSSR count). The van der Waals surface area contributed by atoms with Gasteiger partial charge in [-0.2, -0.15) is 0 Å². The molecule has 0 aliphatic carbocycles. The van der Waals surface area contributed by atoms with Crippen LogP contribution in [0.1, 0.15) is 6.42 Å². The van der Waals surface area contributed by atoms with Crippen LogP contribution in [-0.2, 0) is 4.79 Å². The number of thioether (sulfide) groups is 1. The van der Waals surface area contributed by atoms with Crippen molar-refractivity contribution in [1.82, 2.24) is 0 Å². The molecule has 0 saturated carbocycles. The van der Waals surface area contributed by atoms with Gasteiger partial charge in [0.15, 0.2) is 6.42 Å². The Hall–Kier alpha value is -0.110. The van der Waals surface area contributed by atoms with E-state index in [9.17, 15) is 4.79 Å². The van der Waals surface area contributed by atoms with E-state index in [2.05, 4.69) is 0 Å². The van der Waals surface area contributed by atoms with Crippen LogP contribution in [0.3, 0.4) is 0 Å². The van der Waals surface area contributed by atoms with Crippen LogP contribution >= 0.6 is 11.8 Å². The van der Waals surface area contributed by atoms with Crippen molar-refractivity contribution in [3.8, 4) is 0 Å². The predicted octanol–water partition coefficient (Wildman–Crippen LogP) is 0.854. The van der Waals surface area contributed by atoms with E-state index in [1.54, 1.807) is 0 Å².